The maximum Gasteiger partial charge on any atom is 0.0558 e. The van der Waals surface area contributed by atoms with Gasteiger partial charge in [0.25, 0.3) is 0 Å². The van der Waals surface area contributed by atoms with E-state index in [2.05, 4.69) is 63.2 Å². The fourth-order valence-electron chi connectivity index (χ4n) is 5.20. The Labute approximate surface area is 172 Å². The molecule has 5 heteroatoms. The molecular formula is C23H29N3OS. The van der Waals surface area contributed by atoms with E-state index in [4.69, 9.17) is 0 Å². The van der Waals surface area contributed by atoms with Gasteiger partial charge >= 0.3 is 0 Å². The molecule has 0 spiro atoms. The Kier molecular flexibility index (Phi) is 5.33. The van der Waals surface area contributed by atoms with Crippen LogP contribution in [-0.4, -0.2) is 66.3 Å². The molecule has 0 amide bonds. The predicted octanol–water partition coefficient (Wildman–Crippen LogP) is 3.82. The quantitative estimate of drug-likeness (QED) is 0.803. The van der Waals surface area contributed by atoms with E-state index in [0.717, 1.165) is 26.2 Å². The summed E-state index contributed by atoms with van der Waals surface area (Å²) in [7, 11) is 0. The lowest BCUT2D eigenvalue weighted by Crippen LogP contribution is -2.54. The summed E-state index contributed by atoms with van der Waals surface area (Å²) in [6.07, 6.45) is 3.82. The highest BCUT2D eigenvalue weighted by molar-refractivity contribution is 7.99. The standard InChI is InChI=1S/C23H29N3OS/c27-15-14-24-16-18-10-11-19(17-24)25(18)12-5-13-26-20-6-1-3-8-22(20)28-23-9-4-2-7-21(23)26/h1-4,6-9,18-19,27H,5,10-17H2. The average Bonchev–Trinajstić information content (AvgIpc) is 2.96. The average molecular weight is 396 g/mol. The number of piperazine rings is 1. The molecule has 0 saturated carbocycles. The van der Waals surface area contributed by atoms with E-state index in [-0.39, 0.29) is 6.61 Å². The Morgan fingerprint density at radius 1 is 0.821 bits per heavy atom. The molecule has 2 fully saturated rings. The minimum atomic E-state index is 0.283. The van der Waals surface area contributed by atoms with E-state index in [0.29, 0.717) is 12.1 Å². The number of benzene rings is 2. The van der Waals surface area contributed by atoms with Crippen LogP contribution < -0.4 is 4.90 Å². The number of nitrogens with zero attached hydrogens (tertiary/aromatic N) is 3. The minimum absolute atomic E-state index is 0.283. The third-order valence-electron chi connectivity index (χ3n) is 6.46. The van der Waals surface area contributed by atoms with Gasteiger partial charge in [-0.1, -0.05) is 36.0 Å². The van der Waals surface area contributed by atoms with Crippen molar-refractivity contribution in [1.29, 1.82) is 0 Å². The number of rotatable bonds is 6. The van der Waals surface area contributed by atoms with E-state index in [9.17, 15) is 5.11 Å². The predicted molar refractivity (Wildman–Crippen MR) is 116 cm³/mol. The first-order chi connectivity index (χ1) is 13.8. The van der Waals surface area contributed by atoms with Gasteiger partial charge in [-0.2, -0.15) is 0 Å². The molecule has 0 aromatic heterocycles. The van der Waals surface area contributed by atoms with Crippen molar-refractivity contribution in [2.24, 2.45) is 0 Å². The Balaban J connectivity index is 1.27. The molecule has 2 aromatic carbocycles. The number of hydrogen-bond donors (Lipinski definition) is 1. The van der Waals surface area contributed by atoms with Crippen LogP contribution in [0.3, 0.4) is 0 Å². The third-order valence-corrected chi connectivity index (χ3v) is 7.59. The molecule has 3 heterocycles. The van der Waals surface area contributed by atoms with Crippen LogP contribution in [0.1, 0.15) is 19.3 Å². The summed E-state index contributed by atoms with van der Waals surface area (Å²) >= 11 is 1.89. The molecule has 2 bridgehead atoms. The highest BCUT2D eigenvalue weighted by Crippen LogP contribution is 2.47. The molecule has 148 valence electrons. The van der Waals surface area contributed by atoms with Crippen molar-refractivity contribution in [2.45, 2.75) is 41.1 Å². The normalized spacial score (nSPS) is 24.2. The van der Waals surface area contributed by atoms with Crippen LogP contribution in [0.25, 0.3) is 0 Å². The third kappa shape index (κ3) is 3.45. The first-order valence-electron chi connectivity index (χ1n) is 10.6. The Bertz CT molecular complexity index is 769. The van der Waals surface area contributed by atoms with Gasteiger partial charge in [0.1, 0.15) is 0 Å². The second kappa shape index (κ2) is 8.07. The van der Waals surface area contributed by atoms with Crippen LogP contribution in [0, 0.1) is 0 Å². The van der Waals surface area contributed by atoms with E-state index < -0.39 is 0 Å². The van der Waals surface area contributed by atoms with Crippen LogP contribution in [0.15, 0.2) is 58.3 Å². The Morgan fingerprint density at radius 3 is 2.04 bits per heavy atom. The van der Waals surface area contributed by atoms with Gasteiger partial charge in [-0.25, -0.2) is 0 Å². The van der Waals surface area contributed by atoms with Crippen molar-refractivity contribution in [3.63, 3.8) is 0 Å². The van der Waals surface area contributed by atoms with Crippen molar-refractivity contribution in [3.8, 4) is 0 Å². The number of aliphatic hydroxyl groups excluding tert-OH is 1. The first kappa shape index (κ1) is 18.5. The van der Waals surface area contributed by atoms with Crippen molar-refractivity contribution in [1.82, 2.24) is 9.80 Å². The second-order valence-corrected chi connectivity index (χ2v) is 9.23. The molecule has 0 aliphatic carbocycles. The van der Waals surface area contributed by atoms with Gasteiger partial charge in [-0.15, -0.1) is 0 Å². The van der Waals surface area contributed by atoms with E-state index in [1.165, 1.54) is 47.0 Å². The molecule has 1 N–H and O–H groups in total. The lowest BCUT2D eigenvalue weighted by Gasteiger charge is -2.41. The van der Waals surface area contributed by atoms with Crippen LogP contribution in [0.5, 0.6) is 0 Å². The maximum absolute atomic E-state index is 9.26. The number of hydrogen-bond acceptors (Lipinski definition) is 5. The molecular weight excluding hydrogens is 366 g/mol. The lowest BCUT2D eigenvalue weighted by atomic mass is 10.1. The fourth-order valence-corrected chi connectivity index (χ4v) is 6.30. The van der Waals surface area contributed by atoms with Crippen molar-refractivity contribution in [3.05, 3.63) is 48.5 Å². The maximum atomic E-state index is 9.26. The topological polar surface area (TPSA) is 30.0 Å². The summed E-state index contributed by atoms with van der Waals surface area (Å²) < 4.78 is 0. The molecule has 0 radical (unpaired) electrons. The zero-order valence-electron chi connectivity index (χ0n) is 16.3. The summed E-state index contributed by atoms with van der Waals surface area (Å²) in [6, 6.07) is 19.0. The molecule has 2 saturated heterocycles. The SMILES string of the molecule is OCCN1CC2CCC(C1)N2CCCN1c2ccccc2Sc2ccccc21. The smallest absolute Gasteiger partial charge is 0.0558 e. The highest BCUT2D eigenvalue weighted by Gasteiger charge is 2.39. The van der Waals surface area contributed by atoms with Gasteiger partial charge in [-0.05, 0) is 43.5 Å². The minimum Gasteiger partial charge on any atom is -0.395 e. The largest absolute Gasteiger partial charge is 0.395 e. The molecule has 28 heavy (non-hydrogen) atoms. The number of anilines is 2. The van der Waals surface area contributed by atoms with Crippen LogP contribution in [0.4, 0.5) is 11.4 Å². The Morgan fingerprint density at radius 2 is 1.43 bits per heavy atom. The molecule has 2 unspecified atom stereocenters. The monoisotopic (exact) mass is 395 g/mol. The lowest BCUT2D eigenvalue weighted by molar-refractivity contribution is 0.0563. The summed E-state index contributed by atoms with van der Waals surface area (Å²) in [5.41, 5.74) is 2.70. The van der Waals surface area contributed by atoms with E-state index >= 15 is 0 Å². The van der Waals surface area contributed by atoms with Crippen LogP contribution in [0.2, 0.25) is 0 Å². The number of β-amino-alcohol motifs (C(OH)–C–C–N with tert-alkyl or cyclic N) is 1. The number of fused-ring (bicyclic) bond motifs is 4. The molecule has 2 atom stereocenters. The molecule has 5 rings (SSSR count). The van der Waals surface area contributed by atoms with Gasteiger partial charge in [0.15, 0.2) is 0 Å². The van der Waals surface area contributed by atoms with Gasteiger partial charge < -0.3 is 10.0 Å². The van der Waals surface area contributed by atoms with Crippen molar-refractivity contribution < 1.29 is 5.11 Å². The number of para-hydroxylation sites is 2. The van der Waals surface area contributed by atoms with E-state index in [1.54, 1.807) is 0 Å². The molecule has 3 aliphatic rings. The molecule has 4 nitrogen and oxygen atoms in total. The highest BCUT2D eigenvalue weighted by atomic mass is 32.2. The van der Waals surface area contributed by atoms with Crippen molar-refractivity contribution >= 4 is 23.1 Å². The van der Waals surface area contributed by atoms with Crippen molar-refractivity contribution in [2.75, 3.05) is 44.2 Å². The summed E-state index contributed by atoms with van der Waals surface area (Å²) in [6.45, 7) is 5.61. The summed E-state index contributed by atoms with van der Waals surface area (Å²) in [4.78, 5) is 10.4. The van der Waals surface area contributed by atoms with Gasteiger partial charge in [-0.3, -0.25) is 9.80 Å². The number of likely N-dealkylation sites (tertiary alicyclic amines) is 1. The zero-order chi connectivity index (χ0) is 18.9. The molecule has 2 aromatic rings. The van der Waals surface area contributed by atoms with Gasteiger partial charge in [0.05, 0.1) is 18.0 Å². The van der Waals surface area contributed by atoms with E-state index in [1.807, 2.05) is 11.8 Å². The number of aliphatic hydroxyl groups is 1. The second-order valence-electron chi connectivity index (χ2n) is 8.15. The Hall–Kier alpha value is -1.53. The summed E-state index contributed by atoms with van der Waals surface area (Å²) in [5, 5.41) is 9.26. The first-order valence-corrected chi connectivity index (χ1v) is 11.4. The molecule has 3 aliphatic heterocycles. The summed E-state index contributed by atoms with van der Waals surface area (Å²) in [5.74, 6) is 0. The van der Waals surface area contributed by atoms with Crippen LogP contribution >= 0.6 is 11.8 Å². The zero-order valence-corrected chi connectivity index (χ0v) is 17.2. The van der Waals surface area contributed by atoms with Gasteiger partial charge in [0.2, 0.25) is 0 Å². The van der Waals surface area contributed by atoms with Crippen LogP contribution in [-0.2, 0) is 0 Å². The van der Waals surface area contributed by atoms with Gasteiger partial charge in [0, 0.05) is 54.6 Å². The fraction of sp³-hybridized carbons (Fsp3) is 0.478.